The third-order valence-electron chi connectivity index (χ3n) is 2.54. The van der Waals surface area contributed by atoms with E-state index in [4.69, 9.17) is 5.11 Å². The van der Waals surface area contributed by atoms with E-state index in [1.165, 1.54) is 11.8 Å². The van der Waals surface area contributed by atoms with Crippen LogP contribution in [0, 0.1) is 0 Å². The lowest BCUT2D eigenvalue weighted by Crippen LogP contribution is -2.28. The molecule has 0 bridgehead atoms. The van der Waals surface area contributed by atoms with Gasteiger partial charge in [0, 0.05) is 23.3 Å². The van der Waals surface area contributed by atoms with Crippen molar-refractivity contribution in [1.82, 2.24) is 4.90 Å². The van der Waals surface area contributed by atoms with Gasteiger partial charge in [0.05, 0.1) is 12.4 Å². The molecule has 1 aromatic rings. The molecule has 100 valence electrons. The molecule has 0 aliphatic rings. The van der Waals surface area contributed by atoms with Crippen LogP contribution >= 0.6 is 27.7 Å². The number of benzene rings is 1. The number of carbonyl (C=O) groups excluding carboxylic acids is 1. The summed E-state index contributed by atoms with van der Waals surface area (Å²) in [7, 11) is 1.80. The molecule has 0 fully saturated rings. The number of amides is 1. The maximum atomic E-state index is 11.9. The number of nitrogens with zero attached hydrogens (tertiary/aromatic N) is 1. The molecule has 1 N–H and O–H groups in total. The van der Waals surface area contributed by atoms with E-state index in [2.05, 4.69) is 15.9 Å². The van der Waals surface area contributed by atoms with Crippen LogP contribution in [0.4, 0.5) is 0 Å². The predicted molar refractivity (Wildman–Crippen MR) is 79.6 cm³/mol. The molecule has 1 aromatic carbocycles. The minimum atomic E-state index is 0.0797. The molecule has 0 spiro atoms. The number of aliphatic hydroxyl groups excluding tert-OH is 1. The van der Waals surface area contributed by atoms with Crippen LogP contribution in [-0.4, -0.2) is 40.6 Å². The lowest BCUT2D eigenvalue weighted by Gasteiger charge is -2.18. The van der Waals surface area contributed by atoms with Gasteiger partial charge in [0.2, 0.25) is 5.91 Å². The first-order valence-electron chi connectivity index (χ1n) is 5.74. The number of carbonyl (C=O) groups is 1. The van der Waals surface area contributed by atoms with E-state index in [9.17, 15) is 4.79 Å². The molecule has 0 radical (unpaired) electrons. The Morgan fingerprint density at radius 2 is 2.17 bits per heavy atom. The Morgan fingerprint density at radius 1 is 1.50 bits per heavy atom. The van der Waals surface area contributed by atoms with Crippen LogP contribution in [0.2, 0.25) is 0 Å². The van der Waals surface area contributed by atoms with Crippen molar-refractivity contribution in [3.8, 4) is 0 Å². The highest BCUT2D eigenvalue weighted by atomic mass is 79.9. The molecule has 0 heterocycles. The summed E-state index contributed by atoms with van der Waals surface area (Å²) in [6.07, 6.45) is 0. The van der Waals surface area contributed by atoms with E-state index in [0.29, 0.717) is 12.3 Å². The first-order valence-corrected chi connectivity index (χ1v) is 7.58. The highest BCUT2D eigenvalue weighted by Crippen LogP contribution is 2.18. The van der Waals surface area contributed by atoms with E-state index >= 15 is 0 Å². The van der Waals surface area contributed by atoms with Gasteiger partial charge in [0.15, 0.2) is 0 Å². The monoisotopic (exact) mass is 331 g/mol. The molecule has 0 aliphatic heterocycles. The SMILES string of the molecule is CC(CO)SCC(=O)N(C)Cc1ccccc1Br. The quantitative estimate of drug-likeness (QED) is 0.870. The standard InChI is InChI=1S/C13H18BrNO2S/c1-10(8-16)18-9-13(17)15(2)7-11-5-3-4-6-12(11)14/h3-6,10,16H,7-9H2,1-2H3. The van der Waals surface area contributed by atoms with Gasteiger partial charge in [-0.15, -0.1) is 11.8 Å². The fourth-order valence-electron chi connectivity index (χ4n) is 1.35. The molecule has 0 aromatic heterocycles. The largest absolute Gasteiger partial charge is 0.395 e. The van der Waals surface area contributed by atoms with Crippen molar-refractivity contribution in [2.45, 2.75) is 18.7 Å². The van der Waals surface area contributed by atoms with Gasteiger partial charge in [-0.2, -0.15) is 0 Å². The van der Waals surface area contributed by atoms with Crippen LogP contribution in [0.1, 0.15) is 12.5 Å². The summed E-state index contributed by atoms with van der Waals surface area (Å²) in [6.45, 7) is 2.60. The van der Waals surface area contributed by atoms with Crippen LogP contribution < -0.4 is 0 Å². The van der Waals surface area contributed by atoms with Gasteiger partial charge in [0.25, 0.3) is 0 Å². The summed E-state index contributed by atoms with van der Waals surface area (Å²) in [5.41, 5.74) is 1.09. The van der Waals surface area contributed by atoms with E-state index in [1.54, 1.807) is 11.9 Å². The normalized spacial score (nSPS) is 12.2. The highest BCUT2D eigenvalue weighted by Gasteiger charge is 2.12. The molecule has 5 heteroatoms. The summed E-state index contributed by atoms with van der Waals surface area (Å²) in [6, 6.07) is 7.88. The summed E-state index contributed by atoms with van der Waals surface area (Å²) in [5.74, 6) is 0.485. The third-order valence-corrected chi connectivity index (χ3v) is 4.44. The predicted octanol–water partition coefficient (Wildman–Crippen LogP) is 2.52. The van der Waals surface area contributed by atoms with Crippen LogP contribution in [-0.2, 0) is 11.3 Å². The van der Waals surface area contributed by atoms with Gasteiger partial charge < -0.3 is 10.0 Å². The molecule has 1 atom stereocenters. The molecule has 1 rings (SSSR count). The second-order valence-electron chi connectivity index (χ2n) is 4.15. The van der Waals surface area contributed by atoms with Crippen molar-refractivity contribution < 1.29 is 9.90 Å². The van der Waals surface area contributed by atoms with Crippen molar-refractivity contribution in [3.63, 3.8) is 0 Å². The van der Waals surface area contributed by atoms with Gasteiger partial charge in [-0.25, -0.2) is 0 Å². The zero-order valence-corrected chi connectivity index (χ0v) is 13.0. The van der Waals surface area contributed by atoms with Crippen LogP contribution in [0.5, 0.6) is 0 Å². The molecule has 1 unspecified atom stereocenters. The average Bonchev–Trinajstić information content (AvgIpc) is 2.38. The van der Waals surface area contributed by atoms with E-state index in [-0.39, 0.29) is 17.8 Å². The first-order chi connectivity index (χ1) is 8.54. The lowest BCUT2D eigenvalue weighted by atomic mass is 10.2. The van der Waals surface area contributed by atoms with Crippen molar-refractivity contribution in [2.75, 3.05) is 19.4 Å². The van der Waals surface area contributed by atoms with Crippen molar-refractivity contribution in [2.24, 2.45) is 0 Å². The number of hydrogen-bond donors (Lipinski definition) is 1. The molecule has 0 aliphatic carbocycles. The van der Waals surface area contributed by atoms with Gasteiger partial charge in [-0.05, 0) is 11.6 Å². The minimum Gasteiger partial charge on any atom is -0.395 e. The second kappa shape index (κ2) is 7.81. The maximum absolute atomic E-state index is 11.9. The van der Waals surface area contributed by atoms with E-state index in [0.717, 1.165) is 10.0 Å². The van der Waals surface area contributed by atoms with Crippen LogP contribution in [0.25, 0.3) is 0 Å². The molecule has 0 saturated carbocycles. The number of rotatable bonds is 6. The van der Waals surface area contributed by atoms with Crippen molar-refractivity contribution in [1.29, 1.82) is 0 Å². The number of halogens is 1. The van der Waals surface area contributed by atoms with Crippen LogP contribution in [0.3, 0.4) is 0 Å². The van der Waals surface area contributed by atoms with Crippen molar-refractivity contribution >= 4 is 33.6 Å². The summed E-state index contributed by atoms with van der Waals surface area (Å²) in [5, 5.41) is 9.01. The van der Waals surface area contributed by atoms with Gasteiger partial charge in [0.1, 0.15) is 0 Å². The number of aliphatic hydroxyl groups is 1. The Balaban J connectivity index is 2.47. The summed E-state index contributed by atoms with van der Waals surface area (Å²) in [4.78, 5) is 13.6. The smallest absolute Gasteiger partial charge is 0.232 e. The minimum absolute atomic E-state index is 0.0797. The Labute approximate surface area is 121 Å². The van der Waals surface area contributed by atoms with Crippen molar-refractivity contribution in [3.05, 3.63) is 34.3 Å². The fourth-order valence-corrected chi connectivity index (χ4v) is 2.51. The van der Waals surface area contributed by atoms with Crippen LogP contribution in [0.15, 0.2) is 28.7 Å². The zero-order valence-electron chi connectivity index (χ0n) is 10.6. The highest BCUT2D eigenvalue weighted by molar-refractivity contribution is 9.10. The summed E-state index contributed by atoms with van der Waals surface area (Å²) >= 11 is 4.95. The molecule has 1 amide bonds. The Kier molecular flexibility index (Phi) is 6.75. The fraction of sp³-hybridized carbons (Fsp3) is 0.462. The topological polar surface area (TPSA) is 40.5 Å². The second-order valence-corrected chi connectivity index (χ2v) is 6.43. The van der Waals surface area contributed by atoms with Gasteiger partial charge >= 0.3 is 0 Å². The molecule has 18 heavy (non-hydrogen) atoms. The Morgan fingerprint density at radius 3 is 2.78 bits per heavy atom. The maximum Gasteiger partial charge on any atom is 0.232 e. The molecular formula is C13H18BrNO2S. The molecule has 0 saturated heterocycles. The Hall–Kier alpha value is -0.520. The molecular weight excluding hydrogens is 314 g/mol. The zero-order chi connectivity index (χ0) is 13.5. The lowest BCUT2D eigenvalue weighted by molar-refractivity contribution is -0.127. The number of hydrogen-bond acceptors (Lipinski definition) is 3. The van der Waals surface area contributed by atoms with E-state index < -0.39 is 0 Å². The summed E-state index contributed by atoms with van der Waals surface area (Å²) < 4.78 is 1.01. The first kappa shape index (κ1) is 15.5. The number of thioether (sulfide) groups is 1. The third kappa shape index (κ3) is 5.00. The molecule has 3 nitrogen and oxygen atoms in total. The average molecular weight is 332 g/mol. The van der Waals surface area contributed by atoms with Gasteiger partial charge in [-0.1, -0.05) is 41.1 Å². The van der Waals surface area contributed by atoms with E-state index in [1.807, 2.05) is 31.2 Å². The van der Waals surface area contributed by atoms with Gasteiger partial charge in [-0.3, -0.25) is 4.79 Å². The Bertz CT molecular complexity index is 400.